The molecule has 0 fully saturated rings. The molecule has 0 bridgehead atoms. The molecule has 1 aromatic carbocycles. The summed E-state index contributed by atoms with van der Waals surface area (Å²) in [6, 6.07) is 4.57. The van der Waals surface area contributed by atoms with Gasteiger partial charge in [0, 0.05) is 11.6 Å². The summed E-state index contributed by atoms with van der Waals surface area (Å²) >= 11 is 4.72. The average Bonchev–Trinajstić information content (AvgIpc) is 2.25. The lowest BCUT2D eigenvalue weighted by atomic mass is 10.2. The van der Waals surface area contributed by atoms with Gasteiger partial charge in [-0.3, -0.25) is 0 Å². The number of thiocarbonyl (C=S) groups is 1. The van der Waals surface area contributed by atoms with Crippen LogP contribution >= 0.6 is 12.2 Å². The number of halogens is 1. The second-order valence-corrected chi connectivity index (χ2v) is 4.00. The predicted molar refractivity (Wildman–Crippen MR) is 67.3 cm³/mol. The normalized spacial score (nSPS) is 10.5. The Balaban J connectivity index is 2.84. The molecule has 1 rings (SSSR count). The molecule has 0 atom stereocenters. The number of hydrogen-bond donors (Lipinski definition) is 1. The van der Waals surface area contributed by atoms with E-state index in [9.17, 15) is 4.39 Å². The van der Waals surface area contributed by atoms with E-state index >= 15 is 0 Å². The van der Waals surface area contributed by atoms with Crippen LogP contribution in [-0.4, -0.2) is 11.1 Å². The van der Waals surface area contributed by atoms with Crippen molar-refractivity contribution in [3.63, 3.8) is 0 Å². The third-order valence-corrected chi connectivity index (χ3v) is 2.64. The summed E-state index contributed by atoms with van der Waals surface area (Å²) < 4.78 is 19.1. The highest BCUT2D eigenvalue weighted by atomic mass is 32.1. The standard InChI is InChI=1S/C12H16FNOS/c1-3-8(4-2)15-9-5-6-10(12(14)16)11(13)7-9/h5-8H,3-4H2,1-2H3,(H2,14,16). The van der Waals surface area contributed by atoms with Crippen LogP contribution in [0.15, 0.2) is 18.2 Å². The molecule has 2 N–H and O–H groups in total. The summed E-state index contributed by atoms with van der Waals surface area (Å²) in [6.45, 7) is 4.07. The summed E-state index contributed by atoms with van der Waals surface area (Å²) in [4.78, 5) is 0.0617. The van der Waals surface area contributed by atoms with Gasteiger partial charge in [0.15, 0.2) is 0 Å². The van der Waals surface area contributed by atoms with Crippen LogP contribution in [0, 0.1) is 5.82 Å². The molecule has 1 aromatic rings. The lowest BCUT2D eigenvalue weighted by Gasteiger charge is -2.16. The Labute approximate surface area is 101 Å². The van der Waals surface area contributed by atoms with Gasteiger partial charge in [0.1, 0.15) is 16.6 Å². The lowest BCUT2D eigenvalue weighted by molar-refractivity contribution is 0.192. The first-order chi connectivity index (χ1) is 7.58. The molecule has 0 unspecified atom stereocenters. The van der Waals surface area contributed by atoms with Crippen molar-refractivity contribution >= 4 is 17.2 Å². The third-order valence-electron chi connectivity index (χ3n) is 2.42. The quantitative estimate of drug-likeness (QED) is 0.805. The van der Waals surface area contributed by atoms with E-state index in [-0.39, 0.29) is 16.7 Å². The van der Waals surface area contributed by atoms with Crippen molar-refractivity contribution < 1.29 is 9.13 Å². The maximum Gasteiger partial charge on any atom is 0.137 e. The van der Waals surface area contributed by atoms with Gasteiger partial charge in [-0.05, 0) is 25.0 Å². The Morgan fingerprint density at radius 3 is 2.50 bits per heavy atom. The van der Waals surface area contributed by atoms with E-state index in [1.807, 2.05) is 13.8 Å². The van der Waals surface area contributed by atoms with Crippen molar-refractivity contribution in [2.24, 2.45) is 5.73 Å². The molecular weight excluding hydrogens is 225 g/mol. The highest BCUT2D eigenvalue weighted by molar-refractivity contribution is 7.80. The number of hydrogen-bond acceptors (Lipinski definition) is 2. The van der Waals surface area contributed by atoms with Gasteiger partial charge in [-0.2, -0.15) is 0 Å². The van der Waals surface area contributed by atoms with Crippen molar-refractivity contribution in [1.29, 1.82) is 0 Å². The summed E-state index contributed by atoms with van der Waals surface area (Å²) in [5, 5.41) is 0. The van der Waals surface area contributed by atoms with Crippen molar-refractivity contribution in [1.82, 2.24) is 0 Å². The first-order valence-electron chi connectivity index (χ1n) is 5.34. The second-order valence-electron chi connectivity index (χ2n) is 3.56. The van der Waals surface area contributed by atoms with Crippen LogP contribution in [0.3, 0.4) is 0 Å². The molecule has 0 aromatic heterocycles. The highest BCUT2D eigenvalue weighted by Crippen LogP contribution is 2.19. The summed E-state index contributed by atoms with van der Waals surface area (Å²) in [6.07, 6.45) is 1.92. The van der Waals surface area contributed by atoms with E-state index in [0.717, 1.165) is 12.8 Å². The van der Waals surface area contributed by atoms with Gasteiger partial charge in [-0.1, -0.05) is 26.1 Å². The van der Waals surface area contributed by atoms with Crippen LogP contribution in [0.4, 0.5) is 4.39 Å². The fourth-order valence-electron chi connectivity index (χ4n) is 1.42. The van der Waals surface area contributed by atoms with Crippen molar-refractivity contribution in [2.75, 3.05) is 0 Å². The van der Waals surface area contributed by atoms with Crippen LogP contribution < -0.4 is 10.5 Å². The zero-order valence-electron chi connectivity index (χ0n) is 9.50. The molecule has 0 saturated carbocycles. The molecule has 88 valence electrons. The summed E-state index contributed by atoms with van der Waals surface area (Å²) in [5.74, 6) is 0.0853. The highest BCUT2D eigenvalue weighted by Gasteiger charge is 2.09. The molecule has 0 aliphatic heterocycles. The molecule has 0 aliphatic carbocycles. The molecule has 0 aliphatic rings. The van der Waals surface area contributed by atoms with E-state index in [1.165, 1.54) is 6.07 Å². The number of nitrogens with two attached hydrogens (primary N) is 1. The minimum atomic E-state index is -0.434. The Hall–Kier alpha value is -1.16. The fourth-order valence-corrected chi connectivity index (χ4v) is 1.58. The molecule has 4 heteroatoms. The fraction of sp³-hybridized carbons (Fsp3) is 0.417. The van der Waals surface area contributed by atoms with Gasteiger partial charge in [0.25, 0.3) is 0 Å². The topological polar surface area (TPSA) is 35.2 Å². The first kappa shape index (κ1) is 12.9. The van der Waals surface area contributed by atoms with Crippen LogP contribution in [-0.2, 0) is 0 Å². The number of rotatable bonds is 5. The zero-order chi connectivity index (χ0) is 12.1. The third kappa shape index (κ3) is 3.17. The Morgan fingerprint density at radius 2 is 2.06 bits per heavy atom. The smallest absolute Gasteiger partial charge is 0.137 e. The zero-order valence-corrected chi connectivity index (χ0v) is 10.3. The SMILES string of the molecule is CCC(CC)Oc1ccc(C(N)=S)c(F)c1. The minimum absolute atomic E-state index is 0.0617. The predicted octanol–water partition coefficient (Wildman–Crippen LogP) is 3.03. The monoisotopic (exact) mass is 241 g/mol. The van der Waals surface area contributed by atoms with E-state index in [0.29, 0.717) is 5.75 Å². The van der Waals surface area contributed by atoms with Crippen molar-refractivity contribution in [3.05, 3.63) is 29.6 Å². The van der Waals surface area contributed by atoms with Gasteiger partial charge < -0.3 is 10.5 Å². The van der Waals surface area contributed by atoms with E-state index < -0.39 is 5.82 Å². The minimum Gasteiger partial charge on any atom is -0.490 e. The molecule has 0 heterocycles. The van der Waals surface area contributed by atoms with E-state index in [2.05, 4.69) is 0 Å². The Bertz CT molecular complexity index is 377. The molecule has 16 heavy (non-hydrogen) atoms. The van der Waals surface area contributed by atoms with Crippen LogP contribution in [0.2, 0.25) is 0 Å². The van der Waals surface area contributed by atoms with Crippen molar-refractivity contribution in [3.8, 4) is 5.75 Å². The van der Waals surface area contributed by atoms with Gasteiger partial charge in [-0.25, -0.2) is 4.39 Å². The number of benzene rings is 1. The molecule has 0 spiro atoms. The van der Waals surface area contributed by atoms with Crippen LogP contribution in [0.25, 0.3) is 0 Å². The van der Waals surface area contributed by atoms with Crippen LogP contribution in [0.5, 0.6) is 5.75 Å². The molecule has 0 amide bonds. The summed E-state index contributed by atoms with van der Waals surface area (Å²) in [7, 11) is 0. The molecule has 0 saturated heterocycles. The molecule has 2 nitrogen and oxygen atoms in total. The lowest BCUT2D eigenvalue weighted by Crippen LogP contribution is -2.15. The maximum atomic E-state index is 13.5. The Morgan fingerprint density at radius 1 is 1.44 bits per heavy atom. The van der Waals surface area contributed by atoms with Gasteiger partial charge in [-0.15, -0.1) is 0 Å². The first-order valence-corrected chi connectivity index (χ1v) is 5.75. The van der Waals surface area contributed by atoms with Crippen molar-refractivity contribution in [2.45, 2.75) is 32.8 Å². The van der Waals surface area contributed by atoms with Gasteiger partial charge in [0.2, 0.25) is 0 Å². The van der Waals surface area contributed by atoms with E-state index in [4.69, 9.17) is 22.7 Å². The largest absolute Gasteiger partial charge is 0.490 e. The van der Waals surface area contributed by atoms with Gasteiger partial charge >= 0.3 is 0 Å². The Kier molecular flexibility index (Phi) is 4.68. The summed E-state index contributed by atoms with van der Waals surface area (Å²) in [5.41, 5.74) is 5.63. The maximum absolute atomic E-state index is 13.5. The molecule has 0 radical (unpaired) electrons. The molecular formula is C12H16FNOS. The van der Waals surface area contributed by atoms with E-state index in [1.54, 1.807) is 12.1 Å². The van der Waals surface area contributed by atoms with Gasteiger partial charge in [0.05, 0.1) is 6.10 Å². The van der Waals surface area contributed by atoms with Crippen LogP contribution in [0.1, 0.15) is 32.3 Å². The second kappa shape index (κ2) is 5.80. The number of ether oxygens (including phenoxy) is 1. The average molecular weight is 241 g/mol.